The molecule has 3 nitrogen and oxygen atoms in total. The number of carbonyl (C=O) groups excluding carboxylic acids is 2. The Morgan fingerprint density at radius 3 is 2.80 bits per heavy atom. The van der Waals surface area contributed by atoms with Crippen LogP contribution in [0.3, 0.4) is 0 Å². The molecule has 2 fully saturated rings. The summed E-state index contributed by atoms with van der Waals surface area (Å²) in [5.74, 6) is 0.0814. The lowest BCUT2D eigenvalue weighted by atomic mass is 9.89. The fourth-order valence-electron chi connectivity index (χ4n) is 1.37. The van der Waals surface area contributed by atoms with Crippen LogP contribution in [0.15, 0.2) is 0 Å². The van der Waals surface area contributed by atoms with Crippen molar-refractivity contribution in [3.05, 3.63) is 0 Å². The molecule has 0 aromatic heterocycles. The number of rotatable bonds is 0. The predicted octanol–water partition coefficient (Wildman–Crippen LogP) is -0.0682. The van der Waals surface area contributed by atoms with Gasteiger partial charge in [-0.2, -0.15) is 0 Å². The van der Waals surface area contributed by atoms with E-state index in [1.165, 1.54) is 0 Å². The lowest BCUT2D eigenvalue weighted by molar-refractivity contribution is -0.130. The first-order chi connectivity index (χ1) is 4.70. The van der Waals surface area contributed by atoms with E-state index in [4.69, 9.17) is 4.74 Å². The maximum Gasteiger partial charge on any atom is 0.167 e. The Morgan fingerprint density at radius 2 is 2.10 bits per heavy atom. The van der Waals surface area contributed by atoms with Gasteiger partial charge in [0.1, 0.15) is 6.10 Å². The van der Waals surface area contributed by atoms with Gasteiger partial charge in [0.25, 0.3) is 0 Å². The maximum atomic E-state index is 11.0. The van der Waals surface area contributed by atoms with Crippen molar-refractivity contribution in [2.75, 3.05) is 0 Å². The highest BCUT2D eigenvalue weighted by atomic mass is 16.6. The summed E-state index contributed by atoms with van der Waals surface area (Å²) in [6.07, 6.45) is -0.347. The van der Waals surface area contributed by atoms with Crippen LogP contribution in [0.5, 0.6) is 0 Å². The van der Waals surface area contributed by atoms with Gasteiger partial charge in [-0.1, -0.05) is 6.92 Å². The second-order valence-corrected chi connectivity index (χ2v) is 2.95. The van der Waals surface area contributed by atoms with Crippen LogP contribution in [0, 0.1) is 5.92 Å². The van der Waals surface area contributed by atoms with Crippen LogP contribution in [0.25, 0.3) is 0 Å². The second-order valence-electron chi connectivity index (χ2n) is 2.95. The number of ether oxygens (including phenoxy) is 1. The van der Waals surface area contributed by atoms with E-state index in [9.17, 15) is 9.59 Å². The van der Waals surface area contributed by atoms with Crippen LogP contribution in [-0.4, -0.2) is 23.8 Å². The minimum Gasteiger partial charge on any atom is -0.353 e. The SMILES string of the molecule is CC1CC(=O)C2OC2C1=O. The Labute approximate surface area is 58.4 Å². The van der Waals surface area contributed by atoms with Gasteiger partial charge in [0.05, 0.1) is 0 Å². The van der Waals surface area contributed by atoms with E-state index < -0.39 is 0 Å². The Bertz CT molecular complexity index is 205. The van der Waals surface area contributed by atoms with Gasteiger partial charge >= 0.3 is 0 Å². The topological polar surface area (TPSA) is 46.7 Å². The largest absolute Gasteiger partial charge is 0.353 e. The lowest BCUT2D eigenvalue weighted by Crippen LogP contribution is -2.30. The summed E-state index contributed by atoms with van der Waals surface area (Å²) in [4.78, 5) is 21.9. The smallest absolute Gasteiger partial charge is 0.167 e. The van der Waals surface area contributed by atoms with Gasteiger partial charge in [-0.15, -0.1) is 0 Å². The van der Waals surface area contributed by atoms with Gasteiger partial charge in [0, 0.05) is 12.3 Å². The highest BCUT2D eigenvalue weighted by Gasteiger charge is 2.54. The summed E-state index contributed by atoms with van der Waals surface area (Å²) in [7, 11) is 0. The molecule has 0 bridgehead atoms. The van der Waals surface area contributed by atoms with Gasteiger partial charge in [-0.3, -0.25) is 9.59 Å². The number of fused-ring (bicyclic) bond motifs is 1. The fraction of sp³-hybridized carbons (Fsp3) is 0.714. The van der Waals surface area contributed by atoms with Crippen LogP contribution >= 0.6 is 0 Å². The molecule has 0 spiro atoms. The minimum atomic E-state index is -0.365. The zero-order chi connectivity index (χ0) is 7.30. The zero-order valence-corrected chi connectivity index (χ0v) is 5.66. The van der Waals surface area contributed by atoms with Crippen molar-refractivity contribution in [1.29, 1.82) is 0 Å². The van der Waals surface area contributed by atoms with Crippen LogP contribution in [-0.2, 0) is 14.3 Å². The molecule has 1 saturated carbocycles. The number of ketones is 2. The summed E-state index contributed by atoms with van der Waals surface area (Å²) in [6, 6.07) is 0. The van der Waals surface area contributed by atoms with Gasteiger partial charge in [0.2, 0.25) is 0 Å². The molecule has 1 saturated heterocycles. The summed E-state index contributed by atoms with van der Waals surface area (Å²) in [6.45, 7) is 1.78. The third-order valence-electron chi connectivity index (χ3n) is 2.08. The van der Waals surface area contributed by atoms with E-state index in [1.807, 2.05) is 0 Å². The van der Waals surface area contributed by atoms with Crippen molar-refractivity contribution in [2.24, 2.45) is 5.92 Å². The third-order valence-corrected chi connectivity index (χ3v) is 2.08. The quantitative estimate of drug-likeness (QED) is 0.442. The van der Waals surface area contributed by atoms with Crippen LogP contribution in [0.2, 0.25) is 0 Å². The number of Topliss-reactive ketones (excluding diaryl/α,β-unsaturated/α-hetero) is 2. The second kappa shape index (κ2) is 1.66. The first kappa shape index (κ1) is 6.04. The Morgan fingerprint density at radius 1 is 1.40 bits per heavy atom. The van der Waals surface area contributed by atoms with Crippen LogP contribution in [0.1, 0.15) is 13.3 Å². The molecule has 0 aromatic rings. The van der Waals surface area contributed by atoms with Crippen molar-refractivity contribution in [3.63, 3.8) is 0 Å². The maximum absolute atomic E-state index is 11.0. The summed E-state index contributed by atoms with van der Waals surface area (Å²) >= 11 is 0. The molecule has 2 rings (SSSR count). The molecular weight excluding hydrogens is 132 g/mol. The molecule has 0 N–H and O–H groups in total. The summed E-state index contributed by atoms with van der Waals surface area (Å²) in [5.41, 5.74) is 0. The first-order valence-corrected chi connectivity index (χ1v) is 3.42. The average Bonchev–Trinajstić information content (AvgIpc) is 2.61. The van der Waals surface area contributed by atoms with E-state index in [0.717, 1.165) is 0 Å². The molecule has 0 radical (unpaired) electrons. The van der Waals surface area contributed by atoms with Gasteiger partial charge in [-0.05, 0) is 0 Å². The Balaban J connectivity index is 2.20. The van der Waals surface area contributed by atoms with E-state index in [1.54, 1.807) is 6.92 Å². The molecule has 0 amide bonds. The molecular formula is C7H8O3. The summed E-state index contributed by atoms with van der Waals surface area (Å²) < 4.78 is 4.87. The average molecular weight is 140 g/mol. The summed E-state index contributed by atoms with van der Waals surface area (Å²) in [5, 5.41) is 0. The van der Waals surface area contributed by atoms with Crippen LogP contribution in [0.4, 0.5) is 0 Å². The fourth-order valence-corrected chi connectivity index (χ4v) is 1.37. The van der Waals surface area contributed by atoms with E-state index >= 15 is 0 Å². The highest BCUT2D eigenvalue weighted by Crippen LogP contribution is 2.33. The Hall–Kier alpha value is -0.700. The molecule has 3 heteroatoms. The zero-order valence-electron chi connectivity index (χ0n) is 5.66. The molecule has 3 atom stereocenters. The standard InChI is InChI=1S/C7H8O3/c1-3-2-4(8)6-7(10-6)5(3)9/h3,6-7H,2H2,1H3. The highest BCUT2D eigenvalue weighted by molar-refractivity contribution is 6.03. The minimum absolute atomic E-state index is 0.0945. The number of hydrogen-bond donors (Lipinski definition) is 0. The molecule has 3 unspecified atom stereocenters. The van der Waals surface area contributed by atoms with Gasteiger partial charge in [-0.25, -0.2) is 0 Å². The number of epoxide rings is 1. The molecule has 1 aliphatic carbocycles. The predicted molar refractivity (Wildman–Crippen MR) is 32.5 cm³/mol. The number of hydrogen-bond acceptors (Lipinski definition) is 3. The van der Waals surface area contributed by atoms with Crippen molar-refractivity contribution in [2.45, 2.75) is 25.6 Å². The Kier molecular flexibility index (Phi) is 1.01. The molecule has 1 aliphatic heterocycles. The normalized spacial score (nSPS) is 45.1. The van der Waals surface area contributed by atoms with E-state index in [0.29, 0.717) is 6.42 Å². The monoisotopic (exact) mass is 140 g/mol. The van der Waals surface area contributed by atoms with Gasteiger partial charge < -0.3 is 4.74 Å². The van der Waals surface area contributed by atoms with Crippen molar-refractivity contribution >= 4 is 11.6 Å². The number of carbonyl (C=O) groups is 2. The van der Waals surface area contributed by atoms with Crippen molar-refractivity contribution in [3.8, 4) is 0 Å². The van der Waals surface area contributed by atoms with Crippen molar-refractivity contribution in [1.82, 2.24) is 0 Å². The molecule has 0 aromatic carbocycles. The van der Waals surface area contributed by atoms with E-state index in [-0.39, 0.29) is 29.7 Å². The molecule has 54 valence electrons. The third kappa shape index (κ3) is 0.639. The van der Waals surface area contributed by atoms with Crippen LogP contribution < -0.4 is 0 Å². The first-order valence-electron chi connectivity index (χ1n) is 3.42. The molecule has 1 heterocycles. The lowest BCUT2D eigenvalue weighted by Gasteiger charge is -2.09. The van der Waals surface area contributed by atoms with E-state index in [2.05, 4.69) is 0 Å². The molecule has 10 heavy (non-hydrogen) atoms. The van der Waals surface area contributed by atoms with Crippen molar-refractivity contribution < 1.29 is 14.3 Å². The molecule has 2 aliphatic rings. The van der Waals surface area contributed by atoms with Gasteiger partial charge in [0.15, 0.2) is 17.7 Å².